The average Bonchev–Trinajstić information content (AvgIpc) is 1.63. The molecule has 20 rings (SSSR count). The van der Waals surface area contributed by atoms with E-state index in [0.717, 1.165) is 209 Å². The molecule has 30 heteroatoms. The Balaban J connectivity index is 0.000000127. The summed E-state index contributed by atoms with van der Waals surface area (Å²) in [5.74, 6) is 3.43. The van der Waals surface area contributed by atoms with E-state index >= 15 is 0 Å². The monoisotopic (exact) mass is 1850 g/mol. The highest BCUT2D eigenvalue weighted by Gasteiger charge is 2.36. The molecule has 12 heterocycles. The summed E-state index contributed by atoms with van der Waals surface area (Å²) in [6, 6.07) is 54.5. The number of Topliss-reactive ketones (excluding diaryl/α,β-unsaturated/α-hetero) is 4. The fourth-order valence-electron chi connectivity index (χ4n) is 19.7. The lowest BCUT2D eigenvalue weighted by atomic mass is 9.90. The second-order valence-corrected chi connectivity index (χ2v) is 37.3. The van der Waals surface area contributed by atoms with Crippen LogP contribution < -0.4 is 21.3 Å². The fourth-order valence-corrected chi connectivity index (χ4v) is 20.3. The van der Waals surface area contributed by atoms with Crippen LogP contribution in [0.5, 0.6) is 0 Å². The molecule has 29 nitrogen and oxygen atoms in total. The minimum atomic E-state index is -0.241. The minimum absolute atomic E-state index is 0.00614. The van der Waals surface area contributed by atoms with Crippen molar-refractivity contribution in [2.75, 3.05) is 0 Å². The summed E-state index contributed by atoms with van der Waals surface area (Å²) in [5.41, 5.74) is 17.1. The number of aromatic nitrogens is 16. The van der Waals surface area contributed by atoms with Crippen LogP contribution in [0.1, 0.15) is 285 Å². The van der Waals surface area contributed by atoms with Crippen molar-refractivity contribution in [3.63, 3.8) is 0 Å². The highest BCUT2D eigenvalue weighted by Crippen LogP contribution is 2.42. The second kappa shape index (κ2) is 42.5. The highest BCUT2D eigenvalue weighted by atomic mass is 32.1. The van der Waals surface area contributed by atoms with E-state index < -0.39 is 0 Å². The lowest BCUT2D eigenvalue weighted by molar-refractivity contribution is 0.0879. The number of hydrogen-bond donors (Lipinski definition) is 5. The van der Waals surface area contributed by atoms with Gasteiger partial charge in [0.2, 0.25) is 5.76 Å². The lowest BCUT2D eigenvalue weighted by Crippen LogP contribution is -2.39. The summed E-state index contributed by atoms with van der Waals surface area (Å²) in [6.45, 7) is 15.1. The Morgan fingerprint density at radius 3 is 1.04 bits per heavy atom. The maximum absolute atomic E-state index is 13.0. The Morgan fingerprint density at radius 2 is 0.745 bits per heavy atom. The van der Waals surface area contributed by atoms with Crippen molar-refractivity contribution in [3.05, 3.63) is 273 Å². The summed E-state index contributed by atoms with van der Waals surface area (Å²) in [5, 5.41) is 17.5. The molecule has 0 radical (unpaired) electrons. The number of ketones is 4. The third-order valence-corrected chi connectivity index (χ3v) is 27.6. The molecule has 4 aromatic carbocycles. The number of hydrogen-bond acceptors (Lipinski definition) is 20. The predicted molar refractivity (Wildman–Crippen MR) is 529 cm³/mol. The van der Waals surface area contributed by atoms with Crippen molar-refractivity contribution in [2.45, 2.75) is 232 Å². The van der Waals surface area contributed by atoms with Crippen LogP contribution in [0.2, 0.25) is 0 Å². The molecule has 4 aliphatic carbocycles. The second-order valence-electron chi connectivity index (χ2n) is 36.1. The van der Waals surface area contributed by atoms with E-state index in [-0.39, 0.29) is 101 Å². The summed E-state index contributed by atoms with van der Waals surface area (Å²) in [6.07, 6.45) is 27.3. The number of imidazole rings is 4. The number of rotatable bonds is 24. The molecule has 8 unspecified atom stereocenters. The molecule has 0 saturated heterocycles. The fraction of sp³-hybridized carbons (Fsp3) is 0.346. The number of H-pyrrole nitrogens is 1. The van der Waals surface area contributed by atoms with E-state index in [1.165, 1.54) is 11.3 Å². The van der Waals surface area contributed by atoms with Crippen molar-refractivity contribution in [3.8, 4) is 46.1 Å². The van der Waals surface area contributed by atoms with Gasteiger partial charge < -0.3 is 53.6 Å². The molecule has 0 spiro atoms. The quantitative estimate of drug-likeness (QED) is 0.0351. The molecular weight excluding hydrogens is 1740 g/mol. The van der Waals surface area contributed by atoms with Crippen molar-refractivity contribution in [2.24, 2.45) is 7.05 Å². The number of carbonyl (C=O) groups is 8. The van der Waals surface area contributed by atoms with E-state index in [1.54, 1.807) is 44.0 Å². The SMILES string of the molecule is CCC(=O)c1ccc2c(c1)nc(-c1ccccn1)n2C1CCCC(NC(=O)c2cc(C)c[nH]2)C1.CCC(=O)c1ccc2c(c1)nc(-c1ccccn1)n2C1CCCC(NC(=O)c2cc(C)no2)C1.CCC(=O)c1ccc2c(c1)nc(-c1ccccn1)n2C1CCCC(NC(=O)c2ccc(C)n2C)C1.CCC(=O)c1ccc2c(c1)nc(-c1ccccn1)n2C1CCCC(NC(=O)c2cnc(C)s2)C1. The molecule has 702 valence electrons. The molecule has 4 aliphatic rings. The average molecular weight is 1860 g/mol. The van der Waals surface area contributed by atoms with Crippen LogP contribution in [0.25, 0.3) is 90.2 Å². The zero-order chi connectivity index (χ0) is 95.5. The van der Waals surface area contributed by atoms with Gasteiger partial charge in [-0.15, -0.1) is 11.3 Å². The molecule has 4 saturated carbocycles. The molecular formula is C107H114N20O9S. The summed E-state index contributed by atoms with van der Waals surface area (Å²) < 4.78 is 16.1. The molecule has 4 amide bonds. The number of benzene rings is 4. The van der Waals surface area contributed by atoms with Crippen molar-refractivity contribution < 1.29 is 42.9 Å². The number of aryl methyl sites for hydroxylation is 4. The van der Waals surface area contributed by atoms with Crippen LogP contribution >= 0.6 is 11.3 Å². The first-order chi connectivity index (χ1) is 66.5. The topological polar surface area (TPSA) is 367 Å². The van der Waals surface area contributed by atoms with E-state index in [2.05, 4.69) is 74.6 Å². The van der Waals surface area contributed by atoms with Crippen LogP contribution in [-0.2, 0) is 7.05 Å². The van der Waals surface area contributed by atoms with Crippen LogP contribution in [-0.4, -0.2) is 149 Å². The number of amides is 4. The van der Waals surface area contributed by atoms with Gasteiger partial charge in [0.15, 0.2) is 46.4 Å². The zero-order valence-corrected chi connectivity index (χ0v) is 79.5. The van der Waals surface area contributed by atoms with Crippen LogP contribution in [0.4, 0.5) is 0 Å². The summed E-state index contributed by atoms with van der Waals surface area (Å²) in [7, 11) is 1.92. The van der Waals surface area contributed by atoms with E-state index in [4.69, 9.17) is 24.5 Å². The number of aromatic amines is 1. The molecule has 8 atom stereocenters. The smallest absolute Gasteiger partial charge is 0.290 e. The number of fused-ring (bicyclic) bond motifs is 4. The van der Waals surface area contributed by atoms with E-state index in [0.29, 0.717) is 69.9 Å². The molecule has 4 fully saturated rings. The normalized spacial score (nSPS) is 18.1. The predicted octanol–water partition coefficient (Wildman–Crippen LogP) is 20.8. The molecule has 12 aromatic heterocycles. The number of nitrogens with one attached hydrogen (secondary N) is 5. The van der Waals surface area contributed by atoms with E-state index in [1.807, 2.05) is 230 Å². The number of carbonyl (C=O) groups excluding carboxylic acids is 8. The van der Waals surface area contributed by atoms with Gasteiger partial charge in [-0.3, -0.25) is 58.3 Å². The van der Waals surface area contributed by atoms with Crippen LogP contribution in [0.3, 0.4) is 0 Å². The van der Waals surface area contributed by atoms with Crippen molar-refractivity contribution in [1.82, 2.24) is 99.1 Å². The van der Waals surface area contributed by atoms with Gasteiger partial charge in [-0.05, 0) is 276 Å². The van der Waals surface area contributed by atoms with Gasteiger partial charge >= 0.3 is 0 Å². The zero-order valence-electron chi connectivity index (χ0n) is 78.7. The van der Waals surface area contributed by atoms with Crippen LogP contribution in [0.15, 0.2) is 212 Å². The maximum Gasteiger partial charge on any atom is 0.290 e. The van der Waals surface area contributed by atoms with Gasteiger partial charge in [0.1, 0.15) is 39.0 Å². The molecule has 137 heavy (non-hydrogen) atoms. The Morgan fingerprint density at radius 1 is 0.394 bits per heavy atom. The first kappa shape index (κ1) is 94.1. The number of pyridine rings is 4. The maximum atomic E-state index is 13.0. The van der Waals surface area contributed by atoms with Gasteiger partial charge in [-0.2, -0.15) is 0 Å². The third kappa shape index (κ3) is 21.2. The van der Waals surface area contributed by atoms with Gasteiger partial charge in [-0.1, -0.05) is 57.1 Å². The van der Waals surface area contributed by atoms with Crippen molar-refractivity contribution in [1.29, 1.82) is 0 Å². The first-order valence-corrected chi connectivity index (χ1v) is 48.6. The molecule has 5 N–H and O–H groups in total. The standard InChI is InChI=1S/C28H31N5O2.C27H29N5O2.C26H27N5O3.C26H27N5O2S/c1-4-26(34)19-12-14-24-23(16-19)31-27(22-10-5-6-15-29-22)33(24)21-9-7-8-20(17-21)30-28(35)25-13-11-18(2)32(25)3;1-3-25(33)18-10-11-24-22(14-18)31-26(21-9-4-5-12-28-21)32(24)20-8-6-7-19(15-20)30-27(34)23-13-17(2)16-29-23;1-3-23(32)17-10-11-22-21(14-17)29-25(20-9-4-5-12-27-20)31(22)19-8-6-7-18(15-19)28-26(33)24-13-16(2)30-34-24;1-3-23(32)17-10-11-22-21(13-17)30-25(20-9-4-5-12-27-20)31(22)19-8-6-7-18(14-19)29-26(33)24-15-28-16(2)34-24/h5-6,10-16,20-21H,4,7-9,17H2,1-3H3,(H,30,35);4-5,9-14,16,19-20,29H,3,6-8,15H2,1-2H3,(H,30,34);4-5,9-14,18-19H,3,6-8,15H2,1-2H3,(H,28,33);4-5,9-13,15,18-19H,3,6-8,14H2,1-2H3,(H,29,33). The van der Waals surface area contributed by atoms with Gasteiger partial charge in [-0.25, -0.2) is 24.9 Å². The number of nitrogens with zero attached hydrogens (tertiary/aromatic N) is 15. The largest absolute Gasteiger partial charge is 0.357 e. The van der Waals surface area contributed by atoms with Gasteiger partial charge in [0, 0.05) is 146 Å². The highest BCUT2D eigenvalue weighted by molar-refractivity contribution is 7.13. The first-order valence-electron chi connectivity index (χ1n) is 47.8. The lowest BCUT2D eigenvalue weighted by Gasteiger charge is -2.32. The Bertz CT molecular complexity index is 6590. The third-order valence-electron chi connectivity index (χ3n) is 26.7. The Kier molecular flexibility index (Phi) is 29.2. The van der Waals surface area contributed by atoms with Crippen LogP contribution in [0, 0.1) is 27.7 Å². The van der Waals surface area contributed by atoms with Gasteiger partial charge in [0.25, 0.3) is 23.6 Å². The Labute approximate surface area is 798 Å². The Hall–Kier alpha value is -14.7. The van der Waals surface area contributed by atoms with Gasteiger partial charge in [0.05, 0.1) is 61.0 Å². The number of thiazole rings is 1. The van der Waals surface area contributed by atoms with E-state index in [9.17, 15) is 38.4 Å². The molecule has 16 aromatic rings. The summed E-state index contributed by atoms with van der Waals surface area (Å²) in [4.78, 5) is 146. The molecule has 0 aliphatic heterocycles. The van der Waals surface area contributed by atoms with Crippen molar-refractivity contribution >= 4 is 102 Å². The summed E-state index contributed by atoms with van der Waals surface area (Å²) >= 11 is 1.42. The molecule has 0 bridgehead atoms. The minimum Gasteiger partial charge on any atom is -0.357 e.